The fourth-order valence-corrected chi connectivity index (χ4v) is 11.5. The minimum Gasteiger partial charge on any atom is -0.756 e. The van der Waals surface area contributed by atoms with E-state index in [0.717, 1.165) is 148 Å². The third-order valence-electron chi connectivity index (χ3n) is 16.6. The number of ether oxygens (including phenoxy) is 1. The molecule has 0 aliphatic heterocycles. The minimum atomic E-state index is -4.72. The molecule has 9 nitrogen and oxygen atoms in total. The van der Waals surface area contributed by atoms with Crippen molar-refractivity contribution in [3.63, 3.8) is 0 Å². The van der Waals surface area contributed by atoms with E-state index >= 15 is 0 Å². The topological polar surface area (TPSA) is 114 Å². The Bertz CT molecular complexity index is 2050. The number of nitrogens with zero attached hydrogens (tertiary/aromatic N) is 1. The standard InChI is InChI=1S/C83H145N2O7P/c1-7-10-13-16-19-22-25-28-30-32-34-36-38-40-42-44-46-48-50-52-54-57-60-63-66-69-72-75-82(86)84-80(79-91-93(88,89)90-78-77-85(4,5)6)81(74-71-68-65-62-59-56-27-24-21-18-15-12-9-3)92-83(87)76-73-70-67-64-61-58-55-53-51-49-47-45-43-41-39-37-35-33-31-29-26-23-20-17-14-11-8-2/h10-11,13-14,19-20,22-23,28-31,34-37,40-43,71,74,80-81H,7-9,12,15-18,21,24-27,32-33,38-39,44-70,72-73,75-79H2,1-6H3,(H-,84,86,88,89)/b13-10-,14-11-,22-19-,23-20-,30-28-,31-29-,36-34-,37-35-,42-40-,43-41-,74-71+. The van der Waals surface area contributed by atoms with E-state index in [0.29, 0.717) is 17.4 Å². The van der Waals surface area contributed by atoms with Crippen molar-refractivity contribution in [1.82, 2.24) is 5.32 Å². The van der Waals surface area contributed by atoms with Gasteiger partial charge in [-0.3, -0.25) is 14.2 Å². The summed E-state index contributed by atoms with van der Waals surface area (Å²) in [4.78, 5) is 40.3. The van der Waals surface area contributed by atoms with Crippen molar-refractivity contribution in [3.05, 3.63) is 134 Å². The van der Waals surface area contributed by atoms with Gasteiger partial charge in [0.25, 0.3) is 7.82 Å². The van der Waals surface area contributed by atoms with Gasteiger partial charge in [-0.15, -0.1) is 0 Å². The number of hydrogen-bond acceptors (Lipinski definition) is 7. The summed E-state index contributed by atoms with van der Waals surface area (Å²) < 4.78 is 30.5. The minimum absolute atomic E-state index is 0.0287. The lowest BCUT2D eigenvalue weighted by molar-refractivity contribution is -0.870. The molecule has 0 aromatic carbocycles. The summed E-state index contributed by atoms with van der Waals surface area (Å²) >= 11 is 0. The molecular weight excluding hydrogens is 1170 g/mol. The van der Waals surface area contributed by atoms with Crippen LogP contribution in [0.2, 0.25) is 0 Å². The van der Waals surface area contributed by atoms with Crippen LogP contribution < -0.4 is 10.2 Å². The van der Waals surface area contributed by atoms with Gasteiger partial charge < -0.3 is 28.5 Å². The summed E-state index contributed by atoms with van der Waals surface area (Å²) in [6.07, 6.45) is 102. The molecule has 93 heavy (non-hydrogen) atoms. The highest BCUT2D eigenvalue weighted by Gasteiger charge is 2.27. The molecule has 0 saturated heterocycles. The van der Waals surface area contributed by atoms with Crippen LogP contribution in [-0.4, -0.2) is 69.4 Å². The fourth-order valence-electron chi connectivity index (χ4n) is 10.8. The maximum Gasteiger partial charge on any atom is 0.306 e. The van der Waals surface area contributed by atoms with Gasteiger partial charge in [0.05, 0.1) is 33.8 Å². The summed E-state index contributed by atoms with van der Waals surface area (Å²) in [6.45, 7) is 6.64. The number of unbranched alkanes of at least 4 members (excludes halogenated alkanes) is 33. The molecule has 1 N–H and O–H groups in total. The molecule has 534 valence electrons. The molecule has 1 amide bonds. The third kappa shape index (κ3) is 72.3. The molecule has 0 radical (unpaired) electrons. The molecular formula is C83H145N2O7P. The summed E-state index contributed by atoms with van der Waals surface area (Å²) in [6, 6.07) is -0.902. The number of likely N-dealkylation sites (N-methyl/N-ethyl adjacent to an activating group) is 1. The van der Waals surface area contributed by atoms with Crippen LogP contribution in [0.1, 0.15) is 329 Å². The van der Waals surface area contributed by atoms with Gasteiger partial charge in [0.1, 0.15) is 19.3 Å². The molecule has 0 spiro atoms. The number of carbonyl (C=O) groups excluding carboxylic acids is 2. The number of phosphoric ester groups is 1. The van der Waals surface area contributed by atoms with Crippen molar-refractivity contribution >= 4 is 19.7 Å². The van der Waals surface area contributed by atoms with Crippen LogP contribution in [0.25, 0.3) is 0 Å². The Labute approximate surface area is 575 Å². The third-order valence-corrected chi connectivity index (χ3v) is 17.5. The first kappa shape index (κ1) is 89.2. The van der Waals surface area contributed by atoms with E-state index in [9.17, 15) is 19.0 Å². The molecule has 0 fully saturated rings. The molecule has 0 aromatic heterocycles. The Balaban J connectivity index is 5.03. The van der Waals surface area contributed by atoms with Gasteiger partial charge in [0, 0.05) is 12.8 Å². The van der Waals surface area contributed by atoms with Crippen molar-refractivity contribution < 1.29 is 37.3 Å². The smallest absolute Gasteiger partial charge is 0.306 e. The second-order valence-electron chi connectivity index (χ2n) is 26.7. The van der Waals surface area contributed by atoms with E-state index in [2.05, 4.69) is 148 Å². The number of esters is 1. The molecule has 0 saturated carbocycles. The van der Waals surface area contributed by atoms with Gasteiger partial charge in [0.15, 0.2) is 0 Å². The Morgan fingerprint density at radius 1 is 0.387 bits per heavy atom. The lowest BCUT2D eigenvalue weighted by Gasteiger charge is -2.30. The molecule has 0 aliphatic carbocycles. The number of amides is 1. The van der Waals surface area contributed by atoms with E-state index < -0.39 is 26.6 Å². The number of hydrogen-bond donors (Lipinski definition) is 1. The summed E-state index contributed by atoms with van der Waals surface area (Å²) in [5, 5.41) is 3.05. The number of nitrogens with one attached hydrogen (secondary N) is 1. The van der Waals surface area contributed by atoms with Crippen molar-refractivity contribution in [3.8, 4) is 0 Å². The molecule has 0 aliphatic rings. The van der Waals surface area contributed by atoms with Crippen LogP contribution in [0.3, 0.4) is 0 Å². The summed E-state index contributed by atoms with van der Waals surface area (Å²) in [7, 11) is 1.17. The number of phosphoric acid groups is 1. The van der Waals surface area contributed by atoms with Crippen LogP contribution in [0.15, 0.2) is 134 Å². The van der Waals surface area contributed by atoms with Gasteiger partial charge in [-0.25, -0.2) is 0 Å². The predicted molar refractivity (Wildman–Crippen MR) is 403 cm³/mol. The second-order valence-corrected chi connectivity index (χ2v) is 28.2. The van der Waals surface area contributed by atoms with Gasteiger partial charge in [0.2, 0.25) is 5.91 Å². The van der Waals surface area contributed by atoms with E-state index in [1.807, 2.05) is 33.3 Å². The summed E-state index contributed by atoms with van der Waals surface area (Å²) in [5.41, 5.74) is 0. The number of allylic oxidation sites excluding steroid dienone is 21. The van der Waals surface area contributed by atoms with Crippen molar-refractivity contribution in [2.45, 2.75) is 341 Å². The first-order valence-corrected chi connectivity index (χ1v) is 40.0. The molecule has 0 aromatic rings. The highest BCUT2D eigenvalue weighted by molar-refractivity contribution is 7.45. The van der Waals surface area contributed by atoms with Crippen LogP contribution in [0, 0.1) is 0 Å². The van der Waals surface area contributed by atoms with E-state index in [-0.39, 0.29) is 24.9 Å². The molecule has 3 atom stereocenters. The van der Waals surface area contributed by atoms with Gasteiger partial charge in [-0.1, -0.05) is 328 Å². The second kappa shape index (κ2) is 70.9. The van der Waals surface area contributed by atoms with Crippen LogP contribution in [0.5, 0.6) is 0 Å². The largest absolute Gasteiger partial charge is 0.756 e. The summed E-state index contributed by atoms with van der Waals surface area (Å²) in [5.74, 6) is -0.546. The monoisotopic (exact) mass is 1310 g/mol. The zero-order chi connectivity index (χ0) is 67.8. The zero-order valence-electron chi connectivity index (χ0n) is 61.2. The fraction of sp³-hybridized carbons (Fsp3) is 0.711. The number of rotatable bonds is 69. The Morgan fingerprint density at radius 3 is 1.03 bits per heavy atom. The number of quaternary nitrogens is 1. The van der Waals surface area contributed by atoms with Crippen LogP contribution >= 0.6 is 7.82 Å². The maximum absolute atomic E-state index is 13.7. The molecule has 3 unspecified atom stereocenters. The maximum atomic E-state index is 13.7. The van der Waals surface area contributed by atoms with Crippen LogP contribution in [0.4, 0.5) is 0 Å². The van der Waals surface area contributed by atoms with Gasteiger partial charge in [-0.2, -0.15) is 0 Å². The average Bonchev–Trinajstić information content (AvgIpc) is 2.31. The number of carbonyl (C=O) groups is 2. The Hall–Kier alpha value is -3.85. The normalized spacial score (nSPS) is 14.2. The first-order valence-electron chi connectivity index (χ1n) is 38.5. The van der Waals surface area contributed by atoms with Crippen molar-refractivity contribution in [1.29, 1.82) is 0 Å². The molecule has 0 heterocycles. The van der Waals surface area contributed by atoms with Crippen molar-refractivity contribution in [2.24, 2.45) is 0 Å². The SMILES string of the molecule is CC/C=C\C/C=C\C/C=C\C/C=C\C/C=C\CCCCCCCCCCCCCC(=O)NC(COP(=O)([O-])OCC[N+](C)(C)C)C(/C=C/CCCCCCCCCCCCC)OC(=O)CCCCCCCCCCCCC/C=C\C/C=C\C/C=C\C/C=C\C/C=C\CC. The predicted octanol–water partition coefficient (Wildman–Crippen LogP) is 24.5. The highest BCUT2D eigenvalue weighted by atomic mass is 31.2. The van der Waals surface area contributed by atoms with E-state index in [1.165, 1.54) is 148 Å². The Kier molecular flexibility index (Phi) is 68.0. The quantitative estimate of drug-likeness (QED) is 0.0212. The van der Waals surface area contributed by atoms with E-state index in [4.69, 9.17) is 13.8 Å². The average molecular weight is 1310 g/mol. The van der Waals surface area contributed by atoms with E-state index in [1.54, 1.807) is 0 Å². The molecule has 0 rings (SSSR count). The van der Waals surface area contributed by atoms with Gasteiger partial charge >= 0.3 is 5.97 Å². The van der Waals surface area contributed by atoms with Crippen molar-refractivity contribution in [2.75, 3.05) is 40.9 Å². The first-order chi connectivity index (χ1) is 45.4. The van der Waals surface area contributed by atoms with Gasteiger partial charge in [-0.05, 0) is 122 Å². The van der Waals surface area contributed by atoms with Crippen LogP contribution in [-0.2, 0) is 27.9 Å². The molecule has 10 heteroatoms. The molecule has 0 bridgehead atoms. The zero-order valence-corrected chi connectivity index (χ0v) is 62.1. The lowest BCUT2D eigenvalue weighted by Crippen LogP contribution is -2.47. The lowest BCUT2D eigenvalue weighted by atomic mass is 10.0. The highest BCUT2D eigenvalue weighted by Crippen LogP contribution is 2.38. The Morgan fingerprint density at radius 2 is 0.688 bits per heavy atom.